The molecule has 2 aromatic rings. The SMILES string of the molecule is C/C=C/C=C/C(=O)Nc1ccc(Oc2ccc(C(=O)[O-])c(C(=O)[O-])c2)cc1. The summed E-state index contributed by atoms with van der Waals surface area (Å²) in [6.45, 7) is 1.84. The van der Waals surface area contributed by atoms with E-state index in [1.165, 1.54) is 12.1 Å². The number of hydrogen-bond acceptors (Lipinski definition) is 6. The number of ether oxygens (including phenoxy) is 1. The Hall–Kier alpha value is -3.87. The van der Waals surface area contributed by atoms with Gasteiger partial charge in [0, 0.05) is 22.9 Å². The van der Waals surface area contributed by atoms with Crippen molar-refractivity contribution in [3.8, 4) is 11.5 Å². The Bertz CT molecular complexity index is 913. The summed E-state index contributed by atoms with van der Waals surface area (Å²) in [5.41, 5.74) is -0.490. The largest absolute Gasteiger partial charge is 0.545 e. The third-order valence-electron chi connectivity index (χ3n) is 3.34. The van der Waals surface area contributed by atoms with Crippen molar-refractivity contribution in [2.75, 3.05) is 5.32 Å². The van der Waals surface area contributed by atoms with Gasteiger partial charge < -0.3 is 29.9 Å². The van der Waals surface area contributed by atoms with Crippen LogP contribution in [0.4, 0.5) is 5.69 Å². The zero-order valence-corrected chi connectivity index (χ0v) is 14.3. The third kappa shape index (κ3) is 5.57. The van der Waals surface area contributed by atoms with Crippen LogP contribution in [0.5, 0.6) is 11.5 Å². The van der Waals surface area contributed by atoms with Crippen molar-refractivity contribution < 1.29 is 29.3 Å². The van der Waals surface area contributed by atoms with Gasteiger partial charge in [-0.2, -0.15) is 0 Å². The van der Waals surface area contributed by atoms with Crippen LogP contribution in [-0.4, -0.2) is 17.8 Å². The maximum atomic E-state index is 11.7. The Kier molecular flexibility index (Phi) is 6.49. The molecule has 1 amide bonds. The number of carboxylic acid groups (broad SMARTS) is 2. The van der Waals surface area contributed by atoms with E-state index in [1.54, 1.807) is 42.5 Å². The number of carbonyl (C=O) groups is 3. The van der Waals surface area contributed by atoms with Crippen LogP contribution >= 0.6 is 0 Å². The molecule has 0 unspecified atom stereocenters. The predicted molar refractivity (Wildman–Crippen MR) is 94.2 cm³/mol. The number of rotatable bonds is 7. The summed E-state index contributed by atoms with van der Waals surface area (Å²) in [5.74, 6) is -3.08. The molecule has 0 aliphatic rings. The molecule has 0 saturated heterocycles. The maximum Gasteiger partial charge on any atom is 0.248 e. The fourth-order valence-electron chi connectivity index (χ4n) is 2.11. The van der Waals surface area contributed by atoms with E-state index < -0.39 is 23.1 Å². The maximum absolute atomic E-state index is 11.7. The van der Waals surface area contributed by atoms with Gasteiger partial charge in [-0.15, -0.1) is 0 Å². The fraction of sp³-hybridized carbons (Fsp3) is 0.0500. The van der Waals surface area contributed by atoms with E-state index in [-0.39, 0.29) is 11.7 Å². The van der Waals surface area contributed by atoms with Gasteiger partial charge in [-0.25, -0.2) is 0 Å². The van der Waals surface area contributed by atoms with Crippen LogP contribution in [0.3, 0.4) is 0 Å². The molecule has 0 saturated carbocycles. The first-order valence-corrected chi connectivity index (χ1v) is 7.85. The van der Waals surface area contributed by atoms with E-state index >= 15 is 0 Å². The normalized spacial score (nSPS) is 10.9. The third-order valence-corrected chi connectivity index (χ3v) is 3.34. The summed E-state index contributed by atoms with van der Waals surface area (Å²) in [7, 11) is 0. The molecule has 1 N–H and O–H groups in total. The topological polar surface area (TPSA) is 119 Å². The van der Waals surface area contributed by atoms with Crippen LogP contribution in [0.25, 0.3) is 0 Å². The van der Waals surface area contributed by atoms with Gasteiger partial charge in [0.15, 0.2) is 0 Å². The fourth-order valence-corrected chi connectivity index (χ4v) is 2.11. The average Bonchev–Trinajstić information content (AvgIpc) is 2.63. The molecule has 0 aliphatic carbocycles. The summed E-state index contributed by atoms with van der Waals surface area (Å²) in [6, 6.07) is 9.76. The van der Waals surface area contributed by atoms with E-state index in [2.05, 4.69) is 5.32 Å². The smallest absolute Gasteiger partial charge is 0.248 e. The number of carboxylic acids is 2. The molecule has 27 heavy (non-hydrogen) atoms. The first kappa shape index (κ1) is 19.5. The molecule has 0 aromatic heterocycles. The molecule has 0 radical (unpaired) electrons. The molecule has 0 fully saturated rings. The van der Waals surface area contributed by atoms with Crippen molar-refractivity contribution in [1.29, 1.82) is 0 Å². The quantitative estimate of drug-likeness (QED) is 0.583. The van der Waals surface area contributed by atoms with Gasteiger partial charge >= 0.3 is 0 Å². The van der Waals surface area contributed by atoms with Crippen molar-refractivity contribution in [2.24, 2.45) is 0 Å². The van der Waals surface area contributed by atoms with Gasteiger partial charge in [0.05, 0.1) is 11.9 Å². The highest BCUT2D eigenvalue weighted by molar-refractivity contribution is 6.00. The molecular weight excluding hydrogens is 350 g/mol. The van der Waals surface area contributed by atoms with Gasteiger partial charge in [0.25, 0.3) is 0 Å². The van der Waals surface area contributed by atoms with Crippen LogP contribution in [0.1, 0.15) is 27.6 Å². The van der Waals surface area contributed by atoms with Gasteiger partial charge in [-0.1, -0.05) is 18.2 Å². The second-order valence-electron chi connectivity index (χ2n) is 5.28. The minimum atomic E-state index is -1.65. The molecule has 0 aliphatic heterocycles. The number of hydrogen-bond donors (Lipinski definition) is 1. The summed E-state index contributed by atoms with van der Waals surface area (Å²) in [4.78, 5) is 33.7. The van der Waals surface area contributed by atoms with Crippen molar-refractivity contribution in [3.05, 3.63) is 77.9 Å². The summed E-state index contributed by atoms with van der Waals surface area (Å²) in [5, 5.41) is 24.6. The highest BCUT2D eigenvalue weighted by atomic mass is 16.5. The van der Waals surface area contributed by atoms with E-state index in [0.29, 0.717) is 11.4 Å². The number of nitrogens with one attached hydrogen (secondary N) is 1. The van der Waals surface area contributed by atoms with Crippen LogP contribution < -0.4 is 20.3 Å². The van der Waals surface area contributed by atoms with Gasteiger partial charge in [0.2, 0.25) is 5.91 Å². The van der Waals surface area contributed by atoms with E-state index in [9.17, 15) is 24.6 Å². The molecule has 2 rings (SSSR count). The Morgan fingerprint density at radius 1 is 0.889 bits per heavy atom. The first-order valence-electron chi connectivity index (χ1n) is 7.85. The van der Waals surface area contributed by atoms with Crippen molar-refractivity contribution in [1.82, 2.24) is 0 Å². The molecule has 0 bridgehead atoms. The molecule has 2 aromatic carbocycles. The lowest BCUT2D eigenvalue weighted by Crippen LogP contribution is -2.30. The highest BCUT2D eigenvalue weighted by Crippen LogP contribution is 2.25. The van der Waals surface area contributed by atoms with Crippen LogP contribution in [-0.2, 0) is 4.79 Å². The zero-order chi connectivity index (χ0) is 19.8. The summed E-state index contributed by atoms with van der Waals surface area (Å²) in [6.07, 6.45) is 6.51. The second kappa shape index (κ2) is 9.00. The van der Waals surface area contributed by atoms with E-state index in [4.69, 9.17) is 4.74 Å². The summed E-state index contributed by atoms with van der Waals surface area (Å²) < 4.78 is 5.50. The molecule has 0 spiro atoms. The van der Waals surface area contributed by atoms with Crippen molar-refractivity contribution >= 4 is 23.5 Å². The molecular formula is C20H15NO6-2. The zero-order valence-electron chi connectivity index (χ0n) is 14.3. The number of benzene rings is 2. The summed E-state index contributed by atoms with van der Waals surface area (Å²) >= 11 is 0. The van der Waals surface area contributed by atoms with Crippen LogP contribution in [0.15, 0.2) is 66.8 Å². The van der Waals surface area contributed by atoms with E-state index in [1.807, 2.05) is 6.92 Å². The lowest BCUT2D eigenvalue weighted by Gasteiger charge is -2.14. The number of aromatic carboxylic acids is 2. The van der Waals surface area contributed by atoms with Crippen LogP contribution in [0, 0.1) is 0 Å². The standard InChI is InChI=1S/C20H17NO6/c1-2-3-4-5-18(22)21-13-6-8-14(9-7-13)27-15-10-11-16(19(23)24)17(12-15)20(25)26/h2-12H,1H3,(H,21,22)(H,23,24)(H,25,26)/p-2/b3-2+,5-4+. The van der Waals surface area contributed by atoms with Gasteiger partial charge in [-0.05, 0) is 49.4 Å². The lowest BCUT2D eigenvalue weighted by molar-refractivity contribution is -0.259. The minimum Gasteiger partial charge on any atom is -0.545 e. The van der Waals surface area contributed by atoms with Crippen molar-refractivity contribution in [2.45, 2.75) is 6.92 Å². The molecule has 7 heteroatoms. The molecule has 138 valence electrons. The number of allylic oxidation sites excluding steroid dienone is 3. The number of amides is 1. The average molecular weight is 365 g/mol. The number of carbonyl (C=O) groups excluding carboxylic acids is 3. The monoisotopic (exact) mass is 365 g/mol. The minimum absolute atomic E-state index is 0.116. The predicted octanol–water partition coefficient (Wildman–Crippen LogP) is 1.28. The lowest BCUT2D eigenvalue weighted by atomic mass is 10.1. The Morgan fingerprint density at radius 3 is 2.11 bits per heavy atom. The van der Waals surface area contributed by atoms with E-state index in [0.717, 1.165) is 12.1 Å². The van der Waals surface area contributed by atoms with Crippen LogP contribution in [0.2, 0.25) is 0 Å². The Labute approximate surface area is 155 Å². The second-order valence-corrected chi connectivity index (χ2v) is 5.28. The Morgan fingerprint density at radius 2 is 1.52 bits per heavy atom. The van der Waals surface area contributed by atoms with Crippen molar-refractivity contribution in [3.63, 3.8) is 0 Å². The first-order chi connectivity index (χ1) is 12.9. The number of anilines is 1. The molecule has 0 atom stereocenters. The molecule has 0 heterocycles. The Balaban J connectivity index is 2.10. The highest BCUT2D eigenvalue weighted by Gasteiger charge is 2.08. The molecule has 7 nitrogen and oxygen atoms in total. The van der Waals surface area contributed by atoms with Gasteiger partial charge in [-0.3, -0.25) is 4.79 Å². The van der Waals surface area contributed by atoms with Gasteiger partial charge in [0.1, 0.15) is 11.5 Å².